The van der Waals surface area contributed by atoms with E-state index in [1.54, 1.807) is 6.20 Å². The Balaban J connectivity index is 1.32. The van der Waals surface area contributed by atoms with E-state index in [0.29, 0.717) is 5.95 Å². The van der Waals surface area contributed by atoms with E-state index >= 15 is 0 Å². The van der Waals surface area contributed by atoms with Crippen LogP contribution in [0.1, 0.15) is 17.5 Å². The average Bonchev–Trinajstić information content (AvgIpc) is 3.26. The van der Waals surface area contributed by atoms with E-state index in [0.717, 1.165) is 54.0 Å². The van der Waals surface area contributed by atoms with E-state index in [1.807, 2.05) is 12.1 Å². The Hall–Kier alpha value is -3.16. The summed E-state index contributed by atoms with van der Waals surface area (Å²) in [7, 11) is 0. The molecule has 32 heavy (non-hydrogen) atoms. The monoisotopic (exact) mass is 488 g/mol. The molecule has 5 rings (SSSR count). The van der Waals surface area contributed by atoms with Gasteiger partial charge in [-0.3, -0.25) is 0 Å². The molecule has 7 heteroatoms. The predicted octanol–water partition coefficient (Wildman–Crippen LogP) is 5.50. The quantitative estimate of drug-likeness (QED) is 0.276. The molecule has 0 aliphatic carbocycles. The van der Waals surface area contributed by atoms with Crippen LogP contribution in [-0.4, -0.2) is 34.6 Å². The van der Waals surface area contributed by atoms with E-state index in [-0.39, 0.29) is 0 Å². The Bertz CT molecular complexity index is 1250. The number of fused-ring (bicyclic) bond motifs is 1. The topological polar surface area (TPSA) is 77.7 Å². The molecule has 0 unspecified atom stereocenters. The van der Waals surface area contributed by atoms with Gasteiger partial charge in [0.05, 0.1) is 4.47 Å². The molecule has 0 saturated heterocycles. The van der Waals surface area contributed by atoms with Crippen molar-refractivity contribution in [2.24, 2.45) is 0 Å². The Morgan fingerprint density at radius 3 is 2.84 bits per heavy atom. The molecule has 0 saturated carbocycles. The number of hydrogen-bond donors (Lipinski definition) is 4. The number of H-pyrrole nitrogens is 1. The van der Waals surface area contributed by atoms with Crippen molar-refractivity contribution in [1.82, 2.24) is 20.3 Å². The molecule has 0 amide bonds. The van der Waals surface area contributed by atoms with Crippen LogP contribution < -0.4 is 16.0 Å². The highest BCUT2D eigenvalue weighted by Gasteiger charge is 2.12. The lowest BCUT2D eigenvalue weighted by Gasteiger charge is -2.14. The van der Waals surface area contributed by atoms with Crippen molar-refractivity contribution in [3.05, 3.63) is 82.6 Å². The van der Waals surface area contributed by atoms with Gasteiger partial charge in [-0.25, -0.2) is 4.98 Å². The summed E-state index contributed by atoms with van der Waals surface area (Å²) in [5, 5.41) is 11.4. The van der Waals surface area contributed by atoms with Gasteiger partial charge in [0.2, 0.25) is 5.95 Å². The molecule has 0 radical (unpaired) electrons. The van der Waals surface area contributed by atoms with Crippen LogP contribution in [0, 0.1) is 0 Å². The minimum Gasteiger partial charge on any atom is -0.369 e. The molecule has 162 valence electrons. The van der Waals surface area contributed by atoms with Gasteiger partial charge < -0.3 is 20.9 Å². The van der Waals surface area contributed by atoms with Gasteiger partial charge >= 0.3 is 0 Å². The minimum atomic E-state index is 0.563. The first-order valence-corrected chi connectivity index (χ1v) is 11.6. The molecule has 0 spiro atoms. The van der Waals surface area contributed by atoms with Gasteiger partial charge in [0, 0.05) is 47.6 Å². The number of aromatic amines is 1. The third-order valence-corrected chi connectivity index (χ3v) is 6.22. The lowest BCUT2D eigenvalue weighted by Crippen LogP contribution is -2.19. The zero-order chi connectivity index (χ0) is 21.8. The number of nitrogens with zero attached hydrogens (tertiary/aromatic N) is 2. The zero-order valence-corrected chi connectivity index (χ0v) is 19.2. The van der Waals surface area contributed by atoms with Crippen LogP contribution in [0.3, 0.4) is 0 Å². The van der Waals surface area contributed by atoms with Crippen LogP contribution in [0.4, 0.5) is 17.5 Å². The smallest absolute Gasteiger partial charge is 0.229 e. The SMILES string of the molecule is Brc1cnc(Nc2ccc3[nH]cc(C4=CCNCC4)c3c2)nc1NCCc1ccccc1. The summed E-state index contributed by atoms with van der Waals surface area (Å²) in [6.45, 7) is 2.73. The van der Waals surface area contributed by atoms with Gasteiger partial charge in [-0.05, 0) is 64.7 Å². The molecular formula is C25H25BrN6. The fourth-order valence-electron chi connectivity index (χ4n) is 3.98. The van der Waals surface area contributed by atoms with E-state index < -0.39 is 0 Å². The second-order valence-electron chi connectivity index (χ2n) is 7.82. The predicted molar refractivity (Wildman–Crippen MR) is 135 cm³/mol. The van der Waals surface area contributed by atoms with Crippen molar-refractivity contribution in [2.75, 3.05) is 30.3 Å². The van der Waals surface area contributed by atoms with Crippen LogP contribution in [0.2, 0.25) is 0 Å². The van der Waals surface area contributed by atoms with E-state index in [1.165, 1.54) is 22.1 Å². The maximum absolute atomic E-state index is 4.67. The summed E-state index contributed by atoms with van der Waals surface area (Å²) in [6, 6.07) is 16.7. The number of nitrogens with one attached hydrogen (secondary N) is 4. The van der Waals surface area contributed by atoms with E-state index in [2.05, 4.69) is 95.5 Å². The Labute approximate surface area is 195 Å². The third kappa shape index (κ3) is 4.69. The molecule has 4 N–H and O–H groups in total. The largest absolute Gasteiger partial charge is 0.369 e. The molecule has 0 fully saturated rings. The second kappa shape index (κ2) is 9.54. The first-order valence-electron chi connectivity index (χ1n) is 10.8. The maximum Gasteiger partial charge on any atom is 0.229 e. The summed E-state index contributed by atoms with van der Waals surface area (Å²) < 4.78 is 0.845. The fraction of sp³-hybridized carbons (Fsp3) is 0.200. The van der Waals surface area contributed by atoms with E-state index in [9.17, 15) is 0 Å². The van der Waals surface area contributed by atoms with Gasteiger partial charge in [-0.2, -0.15) is 4.98 Å². The molecule has 3 heterocycles. The normalized spacial score (nSPS) is 13.7. The fourth-order valence-corrected chi connectivity index (χ4v) is 4.31. The lowest BCUT2D eigenvalue weighted by atomic mass is 9.99. The van der Waals surface area contributed by atoms with Gasteiger partial charge in [0.1, 0.15) is 5.82 Å². The minimum absolute atomic E-state index is 0.563. The number of anilines is 3. The van der Waals surface area contributed by atoms with Crippen LogP contribution >= 0.6 is 15.9 Å². The summed E-state index contributed by atoms with van der Waals surface area (Å²) in [4.78, 5) is 12.5. The van der Waals surface area contributed by atoms with Crippen molar-refractivity contribution >= 4 is 49.9 Å². The molecule has 0 atom stereocenters. The molecule has 2 aromatic carbocycles. The van der Waals surface area contributed by atoms with Crippen molar-refractivity contribution in [3.63, 3.8) is 0 Å². The molecule has 6 nitrogen and oxygen atoms in total. The van der Waals surface area contributed by atoms with Gasteiger partial charge in [0.25, 0.3) is 0 Å². The zero-order valence-electron chi connectivity index (χ0n) is 17.7. The molecule has 1 aliphatic heterocycles. The summed E-state index contributed by atoms with van der Waals surface area (Å²) >= 11 is 3.55. The highest BCUT2D eigenvalue weighted by atomic mass is 79.9. The van der Waals surface area contributed by atoms with Gasteiger partial charge in [-0.1, -0.05) is 36.4 Å². The third-order valence-electron chi connectivity index (χ3n) is 5.64. The first-order chi connectivity index (χ1) is 15.8. The Morgan fingerprint density at radius 1 is 1.09 bits per heavy atom. The first kappa shape index (κ1) is 20.7. The molecule has 0 bridgehead atoms. The lowest BCUT2D eigenvalue weighted by molar-refractivity contribution is 0.739. The number of rotatable bonds is 7. The van der Waals surface area contributed by atoms with Crippen LogP contribution in [-0.2, 0) is 6.42 Å². The average molecular weight is 489 g/mol. The van der Waals surface area contributed by atoms with Crippen LogP contribution in [0.5, 0.6) is 0 Å². The van der Waals surface area contributed by atoms with Crippen LogP contribution in [0.25, 0.3) is 16.5 Å². The van der Waals surface area contributed by atoms with Crippen LogP contribution in [0.15, 0.2) is 71.5 Å². The standard InChI is InChI=1S/C25H25BrN6/c26-22-16-30-25(32-24(22)28-13-8-17-4-2-1-3-5-17)31-19-6-7-23-20(14-19)21(15-29-23)18-9-11-27-12-10-18/h1-7,9,14-16,27,29H,8,10-13H2,(H2,28,30,31,32). The maximum atomic E-state index is 4.67. The number of aromatic nitrogens is 3. The van der Waals surface area contributed by atoms with Crippen molar-refractivity contribution in [3.8, 4) is 0 Å². The van der Waals surface area contributed by atoms with Gasteiger partial charge in [0.15, 0.2) is 0 Å². The molecule has 1 aliphatic rings. The molecular weight excluding hydrogens is 464 g/mol. The second-order valence-corrected chi connectivity index (χ2v) is 8.68. The summed E-state index contributed by atoms with van der Waals surface area (Å²) in [5.74, 6) is 1.34. The number of benzene rings is 2. The summed E-state index contributed by atoms with van der Waals surface area (Å²) in [6.07, 6.45) is 8.13. The Kier molecular flexibility index (Phi) is 6.18. The van der Waals surface area contributed by atoms with Crippen molar-refractivity contribution < 1.29 is 0 Å². The van der Waals surface area contributed by atoms with Gasteiger partial charge in [-0.15, -0.1) is 0 Å². The highest BCUT2D eigenvalue weighted by Crippen LogP contribution is 2.31. The Morgan fingerprint density at radius 2 is 2.00 bits per heavy atom. The number of halogens is 1. The number of hydrogen-bond acceptors (Lipinski definition) is 5. The van der Waals surface area contributed by atoms with E-state index in [4.69, 9.17) is 0 Å². The summed E-state index contributed by atoms with van der Waals surface area (Å²) in [5.41, 5.74) is 6.04. The highest BCUT2D eigenvalue weighted by molar-refractivity contribution is 9.10. The van der Waals surface area contributed by atoms with Crippen molar-refractivity contribution in [2.45, 2.75) is 12.8 Å². The molecule has 2 aromatic heterocycles. The molecule has 4 aromatic rings. The van der Waals surface area contributed by atoms with Crippen molar-refractivity contribution in [1.29, 1.82) is 0 Å².